The molecule has 0 aliphatic rings. The molecular formula is C19H19BrN2O4. The number of rotatable bonds is 8. The molecule has 0 bridgehead atoms. The highest BCUT2D eigenvalue weighted by Gasteiger charge is 2.23. The van der Waals surface area contributed by atoms with E-state index in [-0.39, 0.29) is 19.4 Å². The van der Waals surface area contributed by atoms with Gasteiger partial charge < -0.3 is 15.8 Å². The van der Waals surface area contributed by atoms with Crippen LogP contribution in [0.25, 0.3) is 0 Å². The predicted octanol–water partition coefficient (Wildman–Crippen LogP) is 2.56. The van der Waals surface area contributed by atoms with E-state index in [1.165, 1.54) is 0 Å². The van der Waals surface area contributed by atoms with Crippen molar-refractivity contribution in [2.45, 2.75) is 25.5 Å². The highest BCUT2D eigenvalue weighted by atomic mass is 79.9. The van der Waals surface area contributed by atoms with Gasteiger partial charge in [-0.2, -0.15) is 0 Å². The smallest absolute Gasteiger partial charge is 0.328 e. The predicted molar refractivity (Wildman–Crippen MR) is 100 cm³/mol. The number of ether oxygens (including phenoxy) is 1. The van der Waals surface area contributed by atoms with Gasteiger partial charge in [-0.25, -0.2) is 4.79 Å². The molecule has 0 saturated carbocycles. The van der Waals surface area contributed by atoms with Crippen LogP contribution >= 0.6 is 15.9 Å². The van der Waals surface area contributed by atoms with Crippen LogP contribution in [0.15, 0.2) is 59.1 Å². The van der Waals surface area contributed by atoms with Crippen LogP contribution in [0.2, 0.25) is 0 Å². The van der Waals surface area contributed by atoms with Crippen LogP contribution < -0.4 is 11.1 Å². The number of hydrogen-bond acceptors (Lipinski definition) is 4. The van der Waals surface area contributed by atoms with Crippen molar-refractivity contribution in [2.24, 2.45) is 5.73 Å². The van der Waals surface area contributed by atoms with Crippen LogP contribution in [-0.2, 0) is 20.9 Å². The van der Waals surface area contributed by atoms with Crippen LogP contribution in [-0.4, -0.2) is 23.8 Å². The summed E-state index contributed by atoms with van der Waals surface area (Å²) in [4.78, 5) is 35.7. The number of hydrogen-bond donors (Lipinski definition) is 2. The minimum atomic E-state index is -0.956. The lowest BCUT2D eigenvalue weighted by atomic mass is 10.1. The number of nitrogens with one attached hydrogen (secondary N) is 1. The first-order chi connectivity index (χ1) is 12.5. The van der Waals surface area contributed by atoms with Gasteiger partial charge in [0.15, 0.2) is 0 Å². The molecular weight excluding hydrogens is 400 g/mol. The van der Waals surface area contributed by atoms with Crippen molar-refractivity contribution >= 4 is 33.7 Å². The summed E-state index contributed by atoms with van der Waals surface area (Å²) in [5.41, 5.74) is 6.38. The summed E-state index contributed by atoms with van der Waals surface area (Å²) < 4.78 is 6.10. The zero-order valence-electron chi connectivity index (χ0n) is 14.0. The van der Waals surface area contributed by atoms with Gasteiger partial charge in [0, 0.05) is 16.5 Å². The molecule has 2 aromatic carbocycles. The molecule has 7 heteroatoms. The Balaban J connectivity index is 2.01. The van der Waals surface area contributed by atoms with Crippen molar-refractivity contribution in [1.82, 2.24) is 5.32 Å². The third kappa shape index (κ3) is 6.33. The molecule has 0 unspecified atom stereocenters. The van der Waals surface area contributed by atoms with Gasteiger partial charge in [0.1, 0.15) is 12.6 Å². The maximum absolute atomic E-state index is 12.4. The third-order valence-corrected chi connectivity index (χ3v) is 4.13. The van der Waals surface area contributed by atoms with E-state index in [4.69, 9.17) is 10.5 Å². The highest BCUT2D eigenvalue weighted by molar-refractivity contribution is 9.10. The molecule has 26 heavy (non-hydrogen) atoms. The molecule has 1 atom stereocenters. The van der Waals surface area contributed by atoms with E-state index < -0.39 is 23.8 Å². The van der Waals surface area contributed by atoms with Gasteiger partial charge in [-0.3, -0.25) is 9.59 Å². The largest absolute Gasteiger partial charge is 0.459 e. The monoisotopic (exact) mass is 418 g/mol. The number of carbonyl (C=O) groups is 3. The van der Waals surface area contributed by atoms with Crippen molar-refractivity contribution in [3.8, 4) is 0 Å². The van der Waals surface area contributed by atoms with Gasteiger partial charge in [0.05, 0.1) is 0 Å². The molecule has 2 rings (SSSR count). The minimum absolute atomic E-state index is 0.0360. The molecule has 6 nitrogen and oxygen atoms in total. The maximum Gasteiger partial charge on any atom is 0.328 e. The lowest BCUT2D eigenvalue weighted by Crippen LogP contribution is -2.42. The van der Waals surface area contributed by atoms with E-state index in [1.807, 2.05) is 30.3 Å². The summed E-state index contributed by atoms with van der Waals surface area (Å²) in [6.45, 7) is 0.0842. The Morgan fingerprint density at radius 3 is 2.31 bits per heavy atom. The number of primary amides is 1. The van der Waals surface area contributed by atoms with Gasteiger partial charge in [0.25, 0.3) is 5.91 Å². The lowest BCUT2D eigenvalue weighted by Gasteiger charge is -2.17. The standard InChI is InChI=1S/C19H19BrN2O4/c20-15-8-6-14(7-9-15)18(24)22-16(10-11-17(21)23)19(25)26-12-13-4-2-1-3-5-13/h1-9,16H,10-12H2,(H2,21,23)(H,22,24)/t16-/m0/s1. The molecule has 0 fully saturated rings. The normalized spacial score (nSPS) is 11.4. The molecule has 0 aliphatic carbocycles. The van der Waals surface area contributed by atoms with Gasteiger partial charge in [0.2, 0.25) is 5.91 Å². The maximum atomic E-state index is 12.4. The van der Waals surface area contributed by atoms with Crippen molar-refractivity contribution in [3.05, 3.63) is 70.2 Å². The fourth-order valence-corrected chi connectivity index (χ4v) is 2.47. The van der Waals surface area contributed by atoms with Crippen molar-refractivity contribution in [1.29, 1.82) is 0 Å². The summed E-state index contributed by atoms with van der Waals surface area (Å²) in [6.07, 6.45) is 0.0386. The second-order valence-electron chi connectivity index (χ2n) is 5.63. The Morgan fingerprint density at radius 1 is 1.04 bits per heavy atom. The topological polar surface area (TPSA) is 98.5 Å². The van der Waals surface area contributed by atoms with Crippen LogP contribution in [0.4, 0.5) is 0 Å². The average molecular weight is 419 g/mol. The number of halogens is 1. The number of nitrogens with two attached hydrogens (primary N) is 1. The van der Waals surface area contributed by atoms with Gasteiger partial charge >= 0.3 is 5.97 Å². The third-order valence-electron chi connectivity index (χ3n) is 3.60. The fourth-order valence-electron chi connectivity index (χ4n) is 2.21. The summed E-state index contributed by atoms with van der Waals surface area (Å²) in [5, 5.41) is 2.61. The summed E-state index contributed by atoms with van der Waals surface area (Å²) >= 11 is 3.29. The summed E-state index contributed by atoms with van der Waals surface area (Å²) in [5.74, 6) is -1.59. The lowest BCUT2D eigenvalue weighted by molar-refractivity contribution is -0.147. The average Bonchev–Trinajstić information content (AvgIpc) is 2.64. The Bertz CT molecular complexity index is 763. The quantitative estimate of drug-likeness (QED) is 0.643. The first-order valence-electron chi connectivity index (χ1n) is 8.01. The molecule has 136 valence electrons. The molecule has 3 N–H and O–H groups in total. The van der Waals surface area contributed by atoms with Gasteiger partial charge in [-0.05, 0) is 36.2 Å². The van der Waals surface area contributed by atoms with Gasteiger partial charge in [-0.1, -0.05) is 46.3 Å². The molecule has 0 spiro atoms. The minimum Gasteiger partial charge on any atom is -0.459 e. The molecule has 0 heterocycles. The van der Waals surface area contributed by atoms with Gasteiger partial charge in [-0.15, -0.1) is 0 Å². The van der Waals surface area contributed by atoms with E-state index in [1.54, 1.807) is 24.3 Å². The zero-order valence-corrected chi connectivity index (χ0v) is 15.6. The van der Waals surface area contributed by atoms with Crippen LogP contribution in [0, 0.1) is 0 Å². The zero-order chi connectivity index (χ0) is 18.9. The number of esters is 1. The Hall–Kier alpha value is -2.67. The summed E-state index contributed by atoms with van der Waals surface area (Å²) in [6, 6.07) is 14.9. The van der Waals surface area contributed by atoms with Crippen LogP contribution in [0.5, 0.6) is 0 Å². The van der Waals surface area contributed by atoms with Crippen molar-refractivity contribution < 1.29 is 19.1 Å². The second kappa shape index (κ2) is 9.72. The Morgan fingerprint density at radius 2 is 1.69 bits per heavy atom. The number of amides is 2. The SMILES string of the molecule is NC(=O)CC[C@H](NC(=O)c1ccc(Br)cc1)C(=O)OCc1ccccc1. The second-order valence-corrected chi connectivity index (χ2v) is 6.55. The number of carbonyl (C=O) groups excluding carboxylic acids is 3. The van der Waals surface area contributed by atoms with E-state index in [0.29, 0.717) is 5.56 Å². The number of benzene rings is 2. The van der Waals surface area contributed by atoms with E-state index in [2.05, 4.69) is 21.2 Å². The first kappa shape index (κ1) is 19.7. The molecule has 0 saturated heterocycles. The Kier molecular flexibility index (Phi) is 7.35. The molecule has 0 aromatic heterocycles. The molecule has 0 aliphatic heterocycles. The Labute approximate surface area is 159 Å². The van der Waals surface area contributed by atoms with Crippen LogP contribution in [0.1, 0.15) is 28.8 Å². The first-order valence-corrected chi connectivity index (χ1v) is 8.80. The van der Waals surface area contributed by atoms with E-state index >= 15 is 0 Å². The van der Waals surface area contributed by atoms with Crippen molar-refractivity contribution in [2.75, 3.05) is 0 Å². The fraction of sp³-hybridized carbons (Fsp3) is 0.211. The molecule has 0 radical (unpaired) electrons. The van der Waals surface area contributed by atoms with E-state index in [9.17, 15) is 14.4 Å². The molecule has 2 aromatic rings. The summed E-state index contributed by atoms with van der Waals surface area (Å²) in [7, 11) is 0. The molecule has 2 amide bonds. The van der Waals surface area contributed by atoms with Crippen LogP contribution in [0.3, 0.4) is 0 Å². The van der Waals surface area contributed by atoms with E-state index in [0.717, 1.165) is 10.0 Å². The highest BCUT2D eigenvalue weighted by Crippen LogP contribution is 2.11. The van der Waals surface area contributed by atoms with Crippen molar-refractivity contribution in [3.63, 3.8) is 0 Å².